The van der Waals surface area contributed by atoms with Crippen LogP contribution in [-0.2, 0) is 4.79 Å². The first kappa shape index (κ1) is 20.6. The summed E-state index contributed by atoms with van der Waals surface area (Å²) in [7, 11) is 0. The molecule has 1 heterocycles. The van der Waals surface area contributed by atoms with Crippen LogP contribution in [-0.4, -0.2) is 53.8 Å². The van der Waals surface area contributed by atoms with Crippen molar-refractivity contribution in [3.63, 3.8) is 0 Å². The molecule has 2 unspecified atom stereocenters. The molecule has 26 heavy (non-hydrogen) atoms. The lowest BCUT2D eigenvalue weighted by Gasteiger charge is -2.37. The Balaban J connectivity index is 0.00000243. The summed E-state index contributed by atoms with van der Waals surface area (Å²) in [4.78, 5) is 28.7. The molecule has 5 nitrogen and oxygen atoms in total. The summed E-state index contributed by atoms with van der Waals surface area (Å²) in [5, 5.41) is 0. The summed E-state index contributed by atoms with van der Waals surface area (Å²) in [6, 6.07) is 4.69. The zero-order valence-electron chi connectivity index (χ0n) is 15.1. The number of nitrogens with zero attached hydrogens (tertiary/aromatic N) is 2. The third-order valence-electron chi connectivity index (χ3n) is 5.36. The van der Waals surface area contributed by atoms with Gasteiger partial charge in [-0.2, -0.15) is 0 Å². The maximum atomic E-state index is 13.7. The highest BCUT2D eigenvalue weighted by molar-refractivity contribution is 5.94. The van der Waals surface area contributed by atoms with Gasteiger partial charge in [0.1, 0.15) is 5.82 Å². The Morgan fingerprint density at radius 2 is 1.77 bits per heavy atom. The number of aryl methyl sites for hydroxylation is 1. The van der Waals surface area contributed by atoms with Crippen molar-refractivity contribution in [2.75, 3.05) is 26.2 Å². The first-order valence-electron chi connectivity index (χ1n) is 9.05. The largest absolute Gasteiger partial charge is 0.339 e. The zero-order valence-corrected chi connectivity index (χ0v) is 15.9. The number of halogens is 2. The Morgan fingerprint density at radius 1 is 1.12 bits per heavy atom. The number of carbonyl (C=O) groups excluding carboxylic acids is 2. The molecule has 7 heteroatoms. The average molecular weight is 384 g/mol. The standard InChI is InChI=1S/C19H26FN3O2.ClH/c1-13-5-6-15(12-17(13)20)19(25)23-9-7-22(8-10-23)18(24)14-3-2-4-16(21)11-14;/h5-6,12,14,16H,2-4,7-11,21H2,1H3;1H. The number of benzene rings is 1. The smallest absolute Gasteiger partial charge is 0.254 e. The number of hydrogen-bond donors (Lipinski definition) is 1. The predicted molar refractivity (Wildman–Crippen MR) is 101 cm³/mol. The highest BCUT2D eigenvalue weighted by Gasteiger charge is 2.31. The van der Waals surface area contributed by atoms with Gasteiger partial charge in [0.15, 0.2) is 0 Å². The summed E-state index contributed by atoms with van der Waals surface area (Å²) in [5.41, 5.74) is 6.87. The summed E-state index contributed by atoms with van der Waals surface area (Å²) in [6.45, 7) is 3.71. The van der Waals surface area contributed by atoms with E-state index in [-0.39, 0.29) is 42.0 Å². The highest BCUT2D eigenvalue weighted by Crippen LogP contribution is 2.25. The van der Waals surface area contributed by atoms with E-state index in [4.69, 9.17) is 5.73 Å². The molecule has 2 atom stereocenters. The van der Waals surface area contributed by atoms with Crippen LogP contribution < -0.4 is 5.73 Å². The van der Waals surface area contributed by atoms with Crippen LogP contribution in [0.15, 0.2) is 18.2 Å². The van der Waals surface area contributed by atoms with Crippen molar-refractivity contribution in [2.24, 2.45) is 11.7 Å². The Kier molecular flexibility index (Phi) is 7.01. The molecule has 1 saturated heterocycles. The molecule has 2 fully saturated rings. The zero-order chi connectivity index (χ0) is 18.0. The third-order valence-corrected chi connectivity index (χ3v) is 5.36. The maximum Gasteiger partial charge on any atom is 0.254 e. The lowest BCUT2D eigenvalue weighted by atomic mass is 9.85. The molecular weight excluding hydrogens is 357 g/mol. The molecule has 2 N–H and O–H groups in total. The second kappa shape index (κ2) is 8.82. The van der Waals surface area contributed by atoms with Gasteiger partial charge in [0.2, 0.25) is 5.91 Å². The fraction of sp³-hybridized carbons (Fsp3) is 0.579. The van der Waals surface area contributed by atoms with E-state index >= 15 is 0 Å². The van der Waals surface area contributed by atoms with Crippen LogP contribution in [0.2, 0.25) is 0 Å². The normalized spacial score (nSPS) is 23.3. The minimum absolute atomic E-state index is 0. The van der Waals surface area contributed by atoms with Gasteiger partial charge < -0.3 is 15.5 Å². The number of rotatable bonds is 2. The fourth-order valence-corrected chi connectivity index (χ4v) is 3.75. The fourth-order valence-electron chi connectivity index (χ4n) is 3.75. The molecule has 2 amide bonds. The van der Waals surface area contributed by atoms with E-state index in [0.717, 1.165) is 25.7 Å². The topological polar surface area (TPSA) is 66.6 Å². The van der Waals surface area contributed by atoms with E-state index in [2.05, 4.69) is 0 Å². The van der Waals surface area contributed by atoms with Crippen molar-refractivity contribution in [2.45, 2.75) is 38.6 Å². The summed E-state index contributed by atoms with van der Waals surface area (Å²) in [6.07, 6.45) is 3.68. The lowest BCUT2D eigenvalue weighted by molar-refractivity contribution is -0.138. The first-order chi connectivity index (χ1) is 12.0. The second-order valence-electron chi connectivity index (χ2n) is 7.21. The van der Waals surface area contributed by atoms with Crippen molar-refractivity contribution in [1.29, 1.82) is 0 Å². The SMILES string of the molecule is Cc1ccc(C(=O)N2CCN(C(=O)C3CCCC(N)C3)CC2)cc1F.Cl. The molecular formula is C19H27ClFN3O2. The van der Waals surface area contributed by atoms with Crippen LogP contribution in [0.1, 0.15) is 41.6 Å². The molecule has 2 aliphatic rings. The predicted octanol–water partition coefficient (Wildman–Crippen LogP) is 2.36. The van der Waals surface area contributed by atoms with Gasteiger partial charge in [0, 0.05) is 43.7 Å². The minimum Gasteiger partial charge on any atom is -0.339 e. The van der Waals surface area contributed by atoms with Gasteiger partial charge >= 0.3 is 0 Å². The summed E-state index contributed by atoms with van der Waals surface area (Å²) < 4.78 is 13.7. The molecule has 1 aromatic rings. The van der Waals surface area contributed by atoms with E-state index in [0.29, 0.717) is 37.3 Å². The van der Waals surface area contributed by atoms with Gasteiger partial charge in [-0.3, -0.25) is 9.59 Å². The van der Waals surface area contributed by atoms with E-state index < -0.39 is 0 Å². The van der Waals surface area contributed by atoms with Gasteiger partial charge in [-0.05, 0) is 43.9 Å². The summed E-state index contributed by atoms with van der Waals surface area (Å²) in [5.74, 6) is -0.347. The van der Waals surface area contributed by atoms with Crippen molar-refractivity contribution in [3.05, 3.63) is 35.1 Å². The monoisotopic (exact) mass is 383 g/mol. The van der Waals surface area contributed by atoms with E-state index in [1.54, 1.807) is 24.0 Å². The number of carbonyl (C=O) groups is 2. The Morgan fingerprint density at radius 3 is 2.38 bits per heavy atom. The van der Waals surface area contributed by atoms with Crippen molar-refractivity contribution < 1.29 is 14.0 Å². The maximum absolute atomic E-state index is 13.7. The van der Waals surface area contributed by atoms with Crippen LogP contribution in [0.25, 0.3) is 0 Å². The number of nitrogens with two attached hydrogens (primary N) is 1. The van der Waals surface area contributed by atoms with Crippen molar-refractivity contribution in [1.82, 2.24) is 9.80 Å². The van der Waals surface area contributed by atoms with Crippen LogP contribution >= 0.6 is 12.4 Å². The quantitative estimate of drug-likeness (QED) is 0.852. The van der Waals surface area contributed by atoms with Gasteiger partial charge in [0.05, 0.1) is 0 Å². The van der Waals surface area contributed by atoms with Gasteiger partial charge in [0.25, 0.3) is 5.91 Å². The second-order valence-corrected chi connectivity index (χ2v) is 7.21. The Hall–Kier alpha value is -1.66. The van der Waals surface area contributed by atoms with E-state index in [9.17, 15) is 14.0 Å². The molecule has 0 aromatic heterocycles. The Bertz CT molecular complexity index is 662. The average Bonchev–Trinajstić information content (AvgIpc) is 2.63. The molecule has 0 radical (unpaired) electrons. The molecule has 1 saturated carbocycles. The molecule has 0 spiro atoms. The van der Waals surface area contributed by atoms with E-state index in [1.807, 2.05) is 4.90 Å². The number of amides is 2. The summed E-state index contributed by atoms with van der Waals surface area (Å²) >= 11 is 0. The highest BCUT2D eigenvalue weighted by atomic mass is 35.5. The molecule has 1 aliphatic carbocycles. The van der Waals surface area contributed by atoms with Crippen LogP contribution in [0, 0.1) is 18.7 Å². The van der Waals surface area contributed by atoms with Crippen LogP contribution in [0.4, 0.5) is 4.39 Å². The van der Waals surface area contributed by atoms with E-state index in [1.165, 1.54) is 6.07 Å². The molecule has 1 aromatic carbocycles. The lowest BCUT2D eigenvalue weighted by Crippen LogP contribution is -2.52. The third kappa shape index (κ3) is 4.54. The van der Waals surface area contributed by atoms with Crippen LogP contribution in [0.5, 0.6) is 0 Å². The molecule has 144 valence electrons. The number of piperazine rings is 1. The van der Waals surface area contributed by atoms with Crippen LogP contribution in [0.3, 0.4) is 0 Å². The van der Waals surface area contributed by atoms with Gasteiger partial charge in [-0.1, -0.05) is 12.5 Å². The molecule has 3 rings (SSSR count). The minimum atomic E-state index is -0.367. The first-order valence-corrected chi connectivity index (χ1v) is 9.05. The van der Waals surface area contributed by atoms with Crippen molar-refractivity contribution >= 4 is 24.2 Å². The molecule has 0 bridgehead atoms. The molecule has 1 aliphatic heterocycles. The van der Waals surface area contributed by atoms with Crippen molar-refractivity contribution in [3.8, 4) is 0 Å². The van der Waals surface area contributed by atoms with Gasteiger partial charge in [-0.25, -0.2) is 4.39 Å². The Labute approximate surface area is 160 Å². The number of hydrogen-bond acceptors (Lipinski definition) is 3. The van der Waals surface area contributed by atoms with Gasteiger partial charge in [-0.15, -0.1) is 12.4 Å².